The van der Waals surface area contributed by atoms with E-state index in [1.807, 2.05) is 6.20 Å². The average molecular weight is 407 g/mol. The van der Waals surface area contributed by atoms with Crippen molar-refractivity contribution in [3.8, 4) is 0 Å². The van der Waals surface area contributed by atoms with Crippen molar-refractivity contribution in [1.29, 1.82) is 0 Å². The smallest absolute Gasteiger partial charge is 0.132 e. The van der Waals surface area contributed by atoms with E-state index in [0.29, 0.717) is 11.5 Å². The van der Waals surface area contributed by atoms with Crippen molar-refractivity contribution in [3.05, 3.63) is 47.2 Å². The normalized spacial score (nSPS) is 23.1. The summed E-state index contributed by atoms with van der Waals surface area (Å²) >= 11 is 0. The molecule has 3 aliphatic rings. The van der Waals surface area contributed by atoms with Crippen LogP contribution in [0.25, 0.3) is 0 Å². The monoisotopic (exact) mass is 406 g/mol. The summed E-state index contributed by atoms with van der Waals surface area (Å²) in [6.07, 6.45) is 7.96. The molecule has 2 aliphatic carbocycles. The summed E-state index contributed by atoms with van der Waals surface area (Å²) < 4.78 is 0. The van der Waals surface area contributed by atoms with Gasteiger partial charge >= 0.3 is 0 Å². The third kappa shape index (κ3) is 3.71. The van der Waals surface area contributed by atoms with Crippen molar-refractivity contribution >= 4 is 5.82 Å². The van der Waals surface area contributed by atoms with Gasteiger partial charge in [-0.2, -0.15) is 0 Å². The van der Waals surface area contributed by atoms with Crippen molar-refractivity contribution < 1.29 is 0 Å². The van der Waals surface area contributed by atoms with Gasteiger partial charge in [0.2, 0.25) is 0 Å². The Balaban J connectivity index is 1.41. The van der Waals surface area contributed by atoms with Crippen molar-refractivity contribution in [3.63, 3.8) is 0 Å². The molecular formula is C24H34N6. The lowest BCUT2D eigenvalue weighted by molar-refractivity contribution is 0.129. The molecule has 1 spiro atoms. The SMILES string of the molecule is CCc1nc(CN(C)C2c3ncccc3CCC23CC3)cc(N2CCN(C)CC2)n1. The summed E-state index contributed by atoms with van der Waals surface area (Å²) in [5.74, 6) is 2.06. The molecule has 1 saturated carbocycles. The first-order chi connectivity index (χ1) is 14.6. The molecule has 1 aliphatic heterocycles. The lowest BCUT2D eigenvalue weighted by Crippen LogP contribution is -2.45. The number of fused-ring (bicyclic) bond motifs is 1. The van der Waals surface area contributed by atoms with Gasteiger partial charge < -0.3 is 9.80 Å². The predicted molar refractivity (Wildman–Crippen MR) is 120 cm³/mol. The second-order valence-electron chi connectivity index (χ2n) is 9.51. The Morgan fingerprint density at radius 3 is 2.67 bits per heavy atom. The molecule has 1 atom stereocenters. The van der Waals surface area contributed by atoms with E-state index in [0.717, 1.165) is 56.5 Å². The van der Waals surface area contributed by atoms with Crippen LogP contribution >= 0.6 is 0 Å². The first kappa shape index (κ1) is 19.9. The number of anilines is 1. The highest BCUT2D eigenvalue weighted by atomic mass is 15.3. The number of piperazine rings is 1. The second-order valence-corrected chi connectivity index (χ2v) is 9.51. The Hall–Kier alpha value is -2.05. The van der Waals surface area contributed by atoms with Gasteiger partial charge in [0, 0.05) is 51.4 Å². The van der Waals surface area contributed by atoms with Crippen molar-refractivity contribution in [2.24, 2.45) is 5.41 Å². The van der Waals surface area contributed by atoms with E-state index in [1.165, 1.54) is 36.9 Å². The fourth-order valence-corrected chi connectivity index (χ4v) is 5.40. The molecule has 3 heterocycles. The Labute approximate surface area is 180 Å². The van der Waals surface area contributed by atoms with Crippen LogP contribution in [0.5, 0.6) is 0 Å². The standard InChI is InChI=1S/C24H34N6/c1-4-20-26-19(16-21(27-20)30-14-12-28(2)13-15-30)17-29(3)23-22-18(6-5-11-25-22)7-8-24(23)9-10-24/h5-6,11,16,23H,4,7-10,12-15,17H2,1-3H3. The average Bonchev–Trinajstić information content (AvgIpc) is 3.53. The maximum absolute atomic E-state index is 4.91. The number of hydrogen-bond donors (Lipinski definition) is 0. The summed E-state index contributed by atoms with van der Waals surface area (Å²) in [6, 6.07) is 6.97. The maximum Gasteiger partial charge on any atom is 0.132 e. The Bertz CT molecular complexity index is 900. The van der Waals surface area contributed by atoms with E-state index in [4.69, 9.17) is 15.0 Å². The number of pyridine rings is 1. The zero-order valence-corrected chi connectivity index (χ0v) is 18.6. The molecule has 2 fully saturated rings. The van der Waals surface area contributed by atoms with Gasteiger partial charge in [-0.05, 0) is 56.8 Å². The van der Waals surface area contributed by atoms with Crippen LogP contribution in [0.1, 0.15) is 55.0 Å². The second kappa shape index (κ2) is 7.89. The van der Waals surface area contributed by atoms with Gasteiger partial charge in [-0.15, -0.1) is 0 Å². The lowest BCUT2D eigenvalue weighted by atomic mass is 9.79. The van der Waals surface area contributed by atoms with Gasteiger partial charge in [0.1, 0.15) is 11.6 Å². The highest BCUT2D eigenvalue weighted by molar-refractivity contribution is 5.41. The molecule has 0 bridgehead atoms. The van der Waals surface area contributed by atoms with Gasteiger partial charge in [0.25, 0.3) is 0 Å². The molecule has 160 valence electrons. The molecule has 0 N–H and O–H groups in total. The van der Waals surface area contributed by atoms with E-state index >= 15 is 0 Å². The van der Waals surface area contributed by atoms with Crippen molar-refractivity contribution in [1.82, 2.24) is 24.8 Å². The topological polar surface area (TPSA) is 48.4 Å². The minimum absolute atomic E-state index is 0.398. The molecule has 5 rings (SSSR count). The summed E-state index contributed by atoms with van der Waals surface area (Å²) in [5, 5.41) is 0. The van der Waals surface area contributed by atoms with E-state index in [-0.39, 0.29) is 0 Å². The maximum atomic E-state index is 4.91. The van der Waals surface area contributed by atoms with Gasteiger partial charge in [-0.3, -0.25) is 9.88 Å². The molecule has 1 saturated heterocycles. The number of nitrogens with zero attached hydrogens (tertiary/aromatic N) is 6. The molecule has 2 aromatic rings. The number of aromatic nitrogens is 3. The Morgan fingerprint density at radius 1 is 1.13 bits per heavy atom. The predicted octanol–water partition coefficient (Wildman–Crippen LogP) is 3.09. The number of aryl methyl sites for hydroxylation is 2. The highest BCUT2D eigenvalue weighted by Gasteiger charge is 2.54. The van der Waals surface area contributed by atoms with Crippen molar-refractivity contribution in [2.45, 2.75) is 51.6 Å². The number of likely N-dealkylation sites (N-methyl/N-ethyl adjacent to an activating group) is 1. The summed E-state index contributed by atoms with van der Waals surface area (Å²) in [4.78, 5) is 21.9. The zero-order valence-electron chi connectivity index (χ0n) is 18.6. The van der Waals surface area contributed by atoms with Crippen LogP contribution in [0, 0.1) is 5.41 Å². The molecule has 6 heteroatoms. The molecule has 6 nitrogen and oxygen atoms in total. The van der Waals surface area contributed by atoms with Crippen LogP contribution in [-0.4, -0.2) is 65.0 Å². The largest absolute Gasteiger partial charge is 0.354 e. The molecule has 1 unspecified atom stereocenters. The molecular weight excluding hydrogens is 372 g/mol. The third-order valence-electron chi connectivity index (χ3n) is 7.36. The zero-order chi connectivity index (χ0) is 20.7. The van der Waals surface area contributed by atoms with Crippen molar-refractivity contribution in [2.75, 3.05) is 45.2 Å². The van der Waals surface area contributed by atoms with Gasteiger partial charge in [0.15, 0.2) is 0 Å². The number of hydrogen-bond acceptors (Lipinski definition) is 6. The summed E-state index contributed by atoms with van der Waals surface area (Å²) in [7, 11) is 4.46. The molecule has 0 aromatic carbocycles. The first-order valence-electron chi connectivity index (χ1n) is 11.5. The van der Waals surface area contributed by atoms with Gasteiger partial charge in [0.05, 0.1) is 17.4 Å². The Kier molecular flexibility index (Phi) is 5.23. The molecule has 2 aromatic heterocycles. The van der Waals surface area contributed by atoms with E-state index in [9.17, 15) is 0 Å². The number of rotatable bonds is 5. The van der Waals surface area contributed by atoms with E-state index < -0.39 is 0 Å². The van der Waals surface area contributed by atoms with Crippen LogP contribution in [0.15, 0.2) is 24.4 Å². The quantitative estimate of drug-likeness (QED) is 0.761. The molecule has 0 radical (unpaired) electrons. The lowest BCUT2D eigenvalue weighted by Gasteiger charge is -2.39. The van der Waals surface area contributed by atoms with Crippen LogP contribution in [0.3, 0.4) is 0 Å². The third-order valence-corrected chi connectivity index (χ3v) is 7.36. The fraction of sp³-hybridized carbons (Fsp3) is 0.625. The fourth-order valence-electron chi connectivity index (χ4n) is 5.40. The van der Waals surface area contributed by atoms with Gasteiger partial charge in [-0.25, -0.2) is 9.97 Å². The van der Waals surface area contributed by atoms with E-state index in [1.54, 1.807) is 0 Å². The van der Waals surface area contributed by atoms with Crippen LogP contribution < -0.4 is 4.90 Å². The molecule has 0 amide bonds. The highest BCUT2D eigenvalue weighted by Crippen LogP contribution is 2.62. The van der Waals surface area contributed by atoms with Crippen LogP contribution in [0.2, 0.25) is 0 Å². The Morgan fingerprint density at radius 2 is 1.93 bits per heavy atom. The van der Waals surface area contributed by atoms with Gasteiger partial charge in [-0.1, -0.05) is 13.0 Å². The minimum Gasteiger partial charge on any atom is -0.354 e. The molecule has 30 heavy (non-hydrogen) atoms. The summed E-state index contributed by atoms with van der Waals surface area (Å²) in [6.45, 7) is 7.25. The minimum atomic E-state index is 0.398. The van der Waals surface area contributed by atoms with Crippen LogP contribution in [-0.2, 0) is 19.4 Å². The first-order valence-corrected chi connectivity index (χ1v) is 11.5. The van der Waals surface area contributed by atoms with Crippen LogP contribution in [0.4, 0.5) is 5.82 Å². The summed E-state index contributed by atoms with van der Waals surface area (Å²) in [5.41, 5.74) is 4.30. The van der Waals surface area contributed by atoms with E-state index in [2.05, 4.69) is 53.9 Å².